The van der Waals surface area contributed by atoms with Crippen LogP contribution in [0.3, 0.4) is 0 Å². The first-order valence-electron chi connectivity index (χ1n) is 18.5. The van der Waals surface area contributed by atoms with Crippen LogP contribution in [-0.4, -0.2) is 19.3 Å². The van der Waals surface area contributed by atoms with Crippen LogP contribution in [0, 0.1) is 45.7 Å². The minimum Gasteiger partial charge on any atom is -0.509 e. The Morgan fingerprint density at radius 1 is 0.774 bits per heavy atom. The second kappa shape index (κ2) is 14.7. The molecule has 6 heteroatoms. The Morgan fingerprint density at radius 3 is 2.17 bits per heavy atom. The second-order valence-corrected chi connectivity index (χ2v) is 16.2. The SMILES string of the molecule is Cc1cc(C(C)C)cc(C)c1-c1c(C)nn(-c2[c-]c(Oc3[c-]c4c(cc3)c3ccccc3n4-c3cc(CC(C)C)ccn3)cc(C(C)(C)C)c2)c1C.[Pd+2]. The van der Waals surface area contributed by atoms with Gasteiger partial charge >= 0.3 is 20.4 Å². The van der Waals surface area contributed by atoms with Gasteiger partial charge in [-0.3, -0.25) is 4.68 Å². The summed E-state index contributed by atoms with van der Waals surface area (Å²) in [5.41, 5.74) is 13.6. The summed E-state index contributed by atoms with van der Waals surface area (Å²) in [5, 5.41) is 7.38. The molecule has 0 fully saturated rings. The van der Waals surface area contributed by atoms with Crippen LogP contribution in [0.2, 0.25) is 0 Å². The molecule has 0 aliphatic carbocycles. The largest absolute Gasteiger partial charge is 2.00 e. The van der Waals surface area contributed by atoms with E-state index in [1.54, 1.807) is 0 Å². The summed E-state index contributed by atoms with van der Waals surface area (Å²) in [7, 11) is 0. The fourth-order valence-corrected chi connectivity index (χ4v) is 7.57. The Bertz CT molecular complexity index is 2430. The number of hydrogen-bond donors (Lipinski definition) is 0. The van der Waals surface area contributed by atoms with Crippen LogP contribution in [0.4, 0.5) is 0 Å². The minimum atomic E-state index is -0.131. The number of aromatic nitrogens is 4. The molecule has 0 saturated heterocycles. The summed E-state index contributed by atoms with van der Waals surface area (Å²) in [6.07, 6.45) is 2.91. The topological polar surface area (TPSA) is 44.9 Å². The first kappa shape index (κ1) is 38.2. The minimum absolute atomic E-state index is 0. The first-order valence-corrected chi connectivity index (χ1v) is 18.5. The molecule has 274 valence electrons. The molecule has 4 aromatic carbocycles. The van der Waals surface area contributed by atoms with Gasteiger partial charge in [0, 0.05) is 34.5 Å². The van der Waals surface area contributed by atoms with E-state index in [0.717, 1.165) is 56.7 Å². The Hall–Kier alpha value is -4.50. The van der Waals surface area contributed by atoms with Gasteiger partial charge in [-0.2, -0.15) is 11.2 Å². The summed E-state index contributed by atoms with van der Waals surface area (Å²) < 4.78 is 10.9. The third-order valence-corrected chi connectivity index (χ3v) is 10.1. The molecular formula is C47H50N4OPd. The summed E-state index contributed by atoms with van der Waals surface area (Å²) in [5.74, 6) is 3.15. The number of benzene rings is 4. The number of pyridine rings is 1. The van der Waals surface area contributed by atoms with Crippen LogP contribution in [0.1, 0.15) is 93.6 Å². The van der Waals surface area contributed by atoms with Gasteiger partial charge in [-0.1, -0.05) is 84.3 Å². The zero-order valence-electron chi connectivity index (χ0n) is 32.9. The number of hydrogen-bond acceptors (Lipinski definition) is 3. The van der Waals surface area contributed by atoms with Crippen molar-refractivity contribution in [1.29, 1.82) is 0 Å². The van der Waals surface area contributed by atoms with Crippen molar-refractivity contribution in [2.45, 2.75) is 93.9 Å². The average molecular weight is 793 g/mol. The smallest absolute Gasteiger partial charge is 0.509 e. The van der Waals surface area contributed by atoms with Gasteiger partial charge in [-0.15, -0.1) is 41.3 Å². The maximum atomic E-state index is 6.70. The van der Waals surface area contributed by atoms with Gasteiger partial charge in [0.15, 0.2) is 0 Å². The zero-order chi connectivity index (χ0) is 37.1. The molecule has 3 aromatic heterocycles. The molecule has 0 radical (unpaired) electrons. The molecule has 7 rings (SSSR count). The molecule has 0 N–H and O–H groups in total. The van der Waals surface area contributed by atoms with Crippen LogP contribution in [0.25, 0.3) is 44.4 Å². The number of aryl methyl sites for hydroxylation is 3. The normalized spacial score (nSPS) is 11.9. The monoisotopic (exact) mass is 792 g/mol. The molecule has 53 heavy (non-hydrogen) atoms. The maximum Gasteiger partial charge on any atom is 2.00 e. The molecule has 7 aromatic rings. The predicted molar refractivity (Wildman–Crippen MR) is 216 cm³/mol. The van der Waals surface area contributed by atoms with E-state index in [4.69, 9.17) is 14.8 Å². The van der Waals surface area contributed by atoms with E-state index in [2.05, 4.69) is 160 Å². The molecule has 0 aliphatic rings. The summed E-state index contributed by atoms with van der Waals surface area (Å²) in [6.45, 7) is 24.4. The summed E-state index contributed by atoms with van der Waals surface area (Å²) in [6, 6.07) is 33.1. The van der Waals surface area contributed by atoms with Gasteiger partial charge in [0.05, 0.1) is 5.69 Å². The maximum absolute atomic E-state index is 6.70. The van der Waals surface area contributed by atoms with E-state index in [-0.39, 0.29) is 25.8 Å². The van der Waals surface area contributed by atoms with E-state index in [0.29, 0.717) is 23.3 Å². The molecule has 0 bridgehead atoms. The van der Waals surface area contributed by atoms with Crippen LogP contribution in [0.5, 0.6) is 11.5 Å². The van der Waals surface area contributed by atoms with Crippen molar-refractivity contribution >= 4 is 21.8 Å². The Labute approximate surface area is 329 Å². The van der Waals surface area contributed by atoms with Crippen LogP contribution in [0.15, 0.2) is 79.0 Å². The molecule has 0 amide bonds. The van der Waals surface area contributed by atoms with E-state index < -0.39 is 0 Å². The number of ether oxygens (including phenoxy) is 1. The summed E-state index contributed by atoms with van der Waals surface area (Å²) in [4.78, 5) is 4.83. The van der Waals surface area contributed by atoms with E-state index in [1.165, 1.54) is 33.4 Å². The van der Waals surface area contributed by atoms with E-state index in [1.807, 2.05) is 16.9 Å². The van der Waals surface area contributed by atoms with E-state index >= 15 is 0 Å². The third-order valence-electron chi connectivity index (χ3n) is 10.1. The predicted octanol–water partition coefficient (Wildman–Crippen LogP) is 12.3. The van der Waals surface area contributed by atoms with Gasteiger partial charge in [0.25, 0.3) is 0 Å². The summed E-state index contributed by atoms with van der Waals surface area (Å²) >= 11 is 0. The molecule has 3 heterocycles. The third kappa shape index (κ3) is 7.37. The number of rotatable bonds is 8. The second-order valence-electron chi connectivity index (χ2n) is 16.2. The number of fused-ring (bicyclic) bond motifs is 3. The van der Waals surface area contributed by atoms with Crippen molar-refractivity contribution in [3.8, 4) is 34.1 Å². The van der Waals surface area contributed by atoms with Crippen molar-refractivity contribution in [1.82, 2.24) is 19.3 Å². The van der Waals surface area contributed by atoms with Crippen molar-refractivity contribution < 1.29 is 25.2 Å². The van der Waals surface area contributed by atoms with Crippen molar-refractivity contribution in [2.24, 2.45) is 5.92 Å². The molecule has 0 atom stereocenters. The fraction of sp³-hybridized carbons (Fsp3) is 0.319. The van der Waals surface area contributed by atoms with Crippen LogP contribution < -0.4 is 4.74 Å². The van der Waals surface area contributed by atoms with Gasteiger partial charge in [-0.05, 0) is 108 Å². The molecular weight excluding hydrogens is 743 g/mol. The quantitative estimate of drug-likeness (QED) is 0.114. The van der Waals surface area contributed by atoms with Gasteiger partial charge in [0.2, 0.25) is 0 Å². The molecule has 0 spiro atoms. The number of nitrogens with zero attached hydrogens (tertiary/aromatic N) is 4. The van der Waals surface area contributed by atoms with E-state index in [9.17, 15) is 0 Å². The van der Waals surface area contributed by atoms with Crippen molar-refractivity contribution in [3.63, 3.8) is 0 Å². The van der Waals surface area contributed by atoms with Gasteiger partial charge < -0.3 is 9.30 Å². The molecule has 0 aliphatic heterocycles. The Balaban J connectivity index is 0.00000481. The zero-order valence-corrected chi connectivity index (χ0v) is 34.4. The first-order chi connectivity index (χ1) is 24.7. The van der Waals surface area contributed by atoms with Crippen molar-refractivity contribution in [3.05, 3.63) is 130 Å². The van der Waals surface area contributed by atoms with Crippen LogP contribution in [-0.2, 0) is 32.3 Å². The standard InChI is InChI=1S/C47H50N4O.Pd/c1-28(2)20-34-18-19-48-44(23-34)50-42-15-13-12-14-40(42)41-17-16-38(27-43(41)50)52-39-25-36(47(9,10)11)24-37(26-39)51-33(8)46(32(7)49-51)45-30(5)21-35(29(3)4)22-31(45)6;/h12-19,21-25,28-29H,20H2,1-11H3;/q-2;+2. The Kier molecular flexibility index (Phi) is 10.6. The van der Waals surface area contributed by atoms with Crippen molar-refractivity contribution in [2.75, 3.05) is 0 Å². The fourth-order valence-electron chi connectivity index (χ4n) is 7.57. The number of para-hydroxylation sites is 1. The average Bonchev–Trinajstić information content (AvgIpc) is 3.56. The molecule has 0 saturated carbocycles. The van der Waals surface area contributed by atoms with Gasteiger partial charge in [0.1, 0.15) is 5.82 Å². The Morgan fingerprint density at radius 2 is 1.49 bits per heavy atom. The van der Waals surface area contributed by atoms with Crippen LogP contribution >= 0.6 is 0 Å². The molecule has 0 unspecified atom stereocenters. The molecule has 5 nitrogen and oxygen atoms in total. The van der Waals surface area contributed by atoms with Gasteiger partial charge in [-0.25, -0.2) is 4.98 Å².